The van der Waals surface area contributed by atoms with Gasteiger partial charge in [0.05, 0.1) is 11.9 Å². The lowest BCUT2D eigenvalue weighted by molar-refractivity contribution is 0.886. The fourth-order valence-corrected chi connectivity index (χ4v) is 0.309. The number of nitrogens with zero attached hydrogens (tertiary/aromatic N) is 1. The van der Waals surface area contributed by atoms with E-state index >= 15 is 0 Å². The van der Waals surface area contributed by atoms with Crippen LogP contribution in [0.25, 0.3) is 0 Å². The van der Waals surface area contributed by atoms with Gasteiger partial charge in [0, 0.05) is 6.20 Å². The molecular formula is C7H13N3. The fraction of sp³-hybridized carbons (Fsp3) is 0.429. The summed E-state index contributed by atoms with van der Waals surface area (Å²) in [5, 5.41) is 11.0. The van der Waals surface area contributed by atoms with Gasteiger partial charge in [-0.3, -0.25) is 5.43 Å². The van der Waals surface area contributed by atoms with E-state index in [0.29, 0.717) is 5.71 Å². The highest BCUT2D eigenvalue weighted by Gasteiger charge is 1.96. The first-order valence-corrected chi connectivity index (χ1v) is 3.16. The second-order valence-corrected chi connectivity index (χ2v) is 2.20. The normalized spacial score (nSPS) is 10.3. The van der Waals surface area contributed by atoms with E-state index in [4.69, 9.17) is 5.41 Å². The van der Waals surface area contributed by atoms with Crippen LogP contribution in [0.2, 0.25) is 0 Å². The van der Waals surface area contributed by atoms with E-state index in [2.05, 4.69) is 17.1 Å². The van der Waals surface area contributed by atoms with Gasteiger partial charge < -0.3 is 5.41 Å². The summed E-state index contributed by atoms with van der Waals surface area (Å²) in [6, 6.07) is 0. The summed E-state index contributed by atoms with van der Waals surface area (Å²) < 4.78 is 0. The molecule has 0 aliphatic carbocycles. The average Bonchev–Trinajstić information content (AvgIpc) is 1.88. The Labute approximate surface area is 61.3 Å². The lowest BCUT2D eigenvalue weighted by atomic mass is 10.1. The Morgan fingerprint density at radius 3 is 2.70 bits per heavy atom. The molecule has 0 unspecified atom stereocenters. The molecule has 0 atom stereocenters. The summed E-state index contributed by atoms with van der Waals surface area (Å²) in [5.74, 6) is 0.232. The second kappa shape index (κ2) is 4.73. The molecule has 0 aromatic carbocycles. The highest BCUT2D eigenvalue weighted by molar-refractivity contribution is 6.29. The SMILES string of the molecule is C=CNN=CC(=N)C(C)C. The maximum Gasteiger partial charge on any atom is 0.0682 e. The van der Waals surface area contributed by atoms with Crippen LogP contribution < -0.4 is 5.43 Å². The molecule has 0 rings (SSSR count). The van der Waals surface area contributed by atoms with Gasteiger partial charge in [0.2, 0.25) is 0 Å². The lowest BCUT2D eigenvalue weighted by Gasteiger charge is -1.98. The minimum Gasteiger partial charge on any atom is -0.303 e. The van der Waals surface area contributed by atoms with Crippen LogP contribution in [0, 0.1) is 11.3 Å². The summed E-state index contributed by atoms with van der Waals surface area (Å²) in [5.41, 5.74) is 3.04. The Morgan fingerprint density at radius 1 is 1.70 bits per heavy atom. The van der Waals surface area contributed by atoms with E-state index in [1.807, 2.05) is 13.8 Å². The van der Waals surface area contributed by atoms with E-state index in [-0.39, 0.29) is 5.92 Å². The van der Waals surface area contributed by atoms with Crippen molar-refractivity contribution < 1.29 is 0 Å². The van der Waals surface area contributed by atoms with E-state index in [1.165, 1.54) is 12.4 Å². The van der Waals surface area contributed by atoms with Gasteiger partial charge in [0.25, 0.3) is 0 Å². The van der Waals surface area contributed by atoms with Gasteiger partial charge in [-0.15, -0.1) is 0 Å². The second-order valence-electron chi connectivity index (χ2n) is 2.20. The maximum absolute atomic E-state index is 7.30. The molecule has 0 aliphatic heterocycles. The molecule has 0 saturated heterocycles. The standard InChI is InChI=1S/C7H13N3/c1-4-9-10-5-7(8)6(2)3/h4-6,8-9H,1H2,2-3H3. The van der Waals surface area contributed by atoms with E-state index in [1.54, 1.807) is 0 Å². The summed E-state index contributed by atoms with van der Waals surface area (Å²) in [7, 11) is 0. The minimum atomic E-state index is 0.232. The molecule has 0 spiro atoms. The predicted octanol–water partition coefficient (Wildman–Crippen LogP) is 1.38. The van der Waals surface area contributed by atoms with Gasteiger partial charge in [-0.2, -0.15) is 5.10 Å². The molecule has 56 valence electrons. The molecule has 3 heteroatoms. The van der Waals surface area contributed by atoms with Gasteiger partial charge in [0.1, 0.15) is 0 Å². The monoisotopic (exact) mass is 139 g/mol. The van der Waals surface area contributed by atoms with Crippen LogP contribution in [0.3, 0.4) is 0 Å². The first-order valence-electron chi connectivity index (χ1n) is 3.16. The number of hydrazone groups is 1. The minimum absolute atomic E-state index is 0.232. The van der Waals surface area contributed by atoms with Crippen LogP contribution in [0.1, 0.15) is 13.8 Å². The van der Waals surface area contributed by atoms with Crippen molar-refractivity contribution in [2.75, 3.05) is 0 Å². The number of rotatable bonds is 4. The summed E-state index contributed by atoms with van der Waals surface area (Å²) in [6.45, 7) is 7.30. The van der Waals surface area contributed by atoms with Crippen LogP contribution in [-0.2, 0) is 0 Å². The first kappa shape index (κ1) is 8.88. The molecule has 0 bridgehead atoms. The van der Waals surface area contributed by atoms with Gasteiger partial charge >= 0.3 is 0 Å². The lowest BCUT2D eigenvalue weighted by Crippen LogP contribution is -2.08. The van der Waals surface area contributed by atoms with Crippen molar-refractivity contribution in [3.63, 3.8) is 0 Å². The summed E-state index contributed by atoms with van der Waals surface area (Å²) in [6.07, 6.45) is 2.94. The third-order valence-corrected chi connectivity index (χ3v) is 0.991. The number of nitrogens with one attached hydrogen (secondary N) is 2. The summed E-state index contributed by atoms with van der Waals surface area (Å²) >= 11 is 0. The van der Waals surface area contributed by atoms with Crippen molar-refractivity contribution in [3.05, 3.63) is 12.8 Å². The van der Waals surface area contributed by atoms with Gasteiger partial charge in [-0.25, -0.2) is 0 Å². The van der Waals surface area contributed by atoms with Crippen LogP contribution in [-0.4, -0.2) is 11.9 Å². The van der Waals surface area contributed by atoms with Crippen LogP contribution in [0.5, 0.6) is 0 Å². The van der Waals surface area contributed by atoms with Crippen molar-refractivity contribution in [2.45, 2.75) is 13.8 Å². The Bertz CT molecular complexity index is 147. The third-order valence-electron chi connectivity index (χ3n) is 0.991. The zero-order valence-corrected chi connectivity index (χ0v) is 6.39. The highest BCUT2D eigenvalue weighted by atomic mass is 15.3. The van der Waals surface area contributed by atoms with Gasteiger partial charge in [-0.05, 0) is 5.92 Å². The topological polar surface area (TPSA) is 48.2 Å². The quantitative estimate of drug-likeness (QED) is 0.448. The zero-order valence-electron chi connectivity index (χ0n) is 6.39. The maximum atomic E-state index is 7.30. The molecule has 0 heterocycles. The van der Waals surface area contributed by atoms with Crippen molar-refractivity contribution in [3.8, 4) is 0 Å². The largest absolute Gasteiger partial charge is 0.303 e. The van der Waals surface area contributed by atoms with Gasteiger partial charge in [0.15, 0.2) is 0 Å². The predicted molar refractivity (Wildman–Crippen MR) is 44.4 cm³/mol. The molecule has 0 fully saturated rings. The molecule has 0 amide bonds. The molecular weight excluding hydrogens is 126 g/mol. The molecule has 3 nitrogen and oxygen atoms in total. The number of hydrogen-bond acceptors (Lipinski definition) is 3. The zero-order chi connectivity index (χ0) is 7.98. The summed E-state index contributed by atoms with van der Waals surface area (Å²) in [4.78, 5) is 0. The Morgan fingerprint density at radius 2 is 2.30 bits per heavy atom. The van der Waals surface area contributed by atoms with E-state index in [0.717, 1.165) is 0 Å². The smallest absolute Gasteiger partial charge is 0.0682 e. The Kier molecular flexibility index (Phi) is 4.20. The molecule has 0 saturated carbocycles. The van der Waals surface area contributed by atoms with Crippen molar-refractivity contribution in [1.29, 1.82) is 5.41 Å². The highest BCUT2D eigenvalue weighted by Crippen LogP contribution is 1.90. The van der Waals surface area contributed by atoms with Crippen molar-refractivity contribution >= 4 is 11.9 Å². The van der Waals surface area contributed by atoms with E-state index < -0.39 is 0 Å². The van der Waals surface area contributed by atoms with Crippen LogP contribution in [0.15, 0.2) is 17.9 Å². The molecule has 0 aromatic rings. The Balaban J connectivity index is 3.66. The Hall–Kier alpha value is -1.12. The molecule has 0 aliphatic rings. The number of hydrogen-bond donors (Lipinski definition) is 2. The third kappa shape index (κ3) is 3.83. The average molecular weight is 139 g/mol. The first-order chi connectivity index (χ1) is 4.68. The fourth-order valence-electron chi connectivity index (χ4n) is 0.309. The molecule has 2 N–H and O–H groups in total. The molecule has 0 radical (unpaired) electrons. The van der Waals surface area contributed by atoms with Crippen molar-refractivity contribution in [2.24, 2.45) is 11.0 Å². The van der Waals surface area contributed by atoms with E-state index in [9.17, 15) is 0 Å². The molecule has 10 heavy (non-hydrogen) atoms. The van der Waals surface area contributed by atoms with Crippen molar-refractivity contribution in [1.82, 2.24) is 5.43 Å². The van der Waals surface area contributed by atoms with Gasteiger partial charge in [-0.1, -0.05) is 20.4 Å². The molecule has 0 aromatic heterocycles. The van der Waals surface area contributed by atoms with Crippen LogP contribution in [0.4, 0.5) is 0 Å². The van der Waals surface area contributed by atoms with Crippen LogP contribution >= 0.6 is 0 Å².